The lowest BCUT2D eigenvalue weighted by Crippen LogP contribution is -2.23. The zero-order chi connectivity index (χ0) is 15.5. The standard InChI is InChI=1S/C19H26N2O/c1-4-6-17-12-18(20-22-17)19-7-5-10-21(19)13-16-9-8-14(2)11-15(16)3/h8-9,11-12,19H,4-7,10,13H2,1-3H3/t19-/m0/s1. The summed E-state index contributed by atoms with van der Waals surface area (Å²) in [6, 6.07) is 9.33. The fourth-order valence-electron chi connectivity index (χ4n) is 3.44. The molecule has 1 saturated heterocycles. The van der Waals surface area contributed by atoms with Gasteiger partial charge in [0.1, 0.15) is 11.5 Å². The van der Waals surface area contributed by atoms with Gasteiger partial charge in [0.15, 0.2) is 0 Å². The van der Waals surface area contributed by atoms with Gasteiger partial charge in [0.25, 0.3) is 0 Å². The maximum atomic E-state index is 5.48. The highest BCUT2D eigenvalue weighted by Gasteiger charge is 2.28. The molecule has 1 aromatic heterocycles. The minimum Gasteiger partial charge on any atom is -0.361 e. The Hall–Kier alpha value is -1.61. The molecule has 3 rings (SSSR count). The molecule has 0 aliphatic carbocycles. The molecule has 118 valence electrons. The smallest absolute Gasteiger partial charge is 0.137 e. The van der Waals surface area contributed by atoms with Gasteiger partial charge in [-0.1, -0.05) is 35.8 Å². The van der Waals surface area contributed by atoms with Crippen LogP contribution in [0.2, 0.25) is 0 Å². The van der Waals surface area contributed by atoms with Crippen molar-refractivity contribution >= 4 is 0 Å². The molecular weight excluding hydrogens is 272 g/mol. The maximum absolute atomic E-state index is 5.48. The number of nitrogens with zero attached hydrogens (tertiary/aromatic N) is 2. The normalized spacial score (nSPS) is 19.0. The van der Waals surface area contributed by atoms with Crippen molar-refractivity contribution in [2.45, 2.75) is 59.0 Å². The molecule has 0 bridgehead atoms. The lowest BCUT2D eigenvalue weighted by atomic mass is 10.0. The largest absolute Gasteiger partial charge is 0.361 e. The van der Waals surface area contributed by atoms with Crippen molar-refractivity contribution in [2.24, 2.45) is 0 Å². The van der Waals surface area contributed by atoms with E-state index in [4.69, 9.17) is 4.52 Å². The summed E-state index contributed by atoms with van der Waals surface area (Å²) in [7, 11) is 0. The van der Waals surface area contributed by atoms with E-state index in [1.165, 1.54) is 29.5 Å². The van der Waals surface area contributed by atoms with Crippen LogP contribution < -0.4 is 0 Å². The van der Waals surface area contributed by atoms with Crippen LogP contribution in [0.4, 0.5) is 0 Å². The SMILES string of the molecule is CCCc1cc([C@@H]2CCCN2Cc2ccc(C)cc2C)no1. The van der Waals surface area contributed by atoms with Gasteiger partial charge in [-0.25, -0.2) is 0 Å². The summed E-state index contributed by atoms with van der Waals surface area (Å²) in [6.07, 6.45) is 4.51. The summed E-state index contributed by atoms with van der Waals surface area (Å²) in [5.74, 6) is 1.02. The van der Waals surface area contributed by atoms with Crippen LogP contribution in [0.3, 0.4) is 0 Å². The molecule has 2 heterocycles. The number of rotatable bonds is 5. The molecule has 0 N–H and O–H groups in total. The minimum absolute atomic E-state index is 0.412. The van der Waals surface area contributed by atoms with Gasteiger partial charge in [-0.05, 0) is 50.8 Å². The fraction of sp³-hybridized carbons (Fsp3) is 0.526. The number of aryl methyl sites for hydroxylation is 3. The second kappa shape index (κ2) is 6.66. The molecule has 0 saturated carbocycles. The third kappa shape index (κ3) is 3.25. The fourth-order valence-corrected chi connectivity index (χ4v) is 3.44. The molecule has 1 aliphatic heterocycles. The van der Waals surface area contributed by atoms with Gasteiger partial charge in [-0.3, -0.25) is 4.90 Å². The number of benzene rings is 1. The Balaban J connectivity index is 1.74. The predicted molar refractivity (Wildman–Crippen MR) is 88.8 cm³/mol. The van der Waals surface area contributed by atoms with E-state index in [1.54, 1.807) is 0 Å². The maximum Gasteiger partial charge on any atom is 0.137 e. The molecule has 3 heteroatoms. The Labute approximate surface area is 133 Å². The number of hydrogen-bond acceptors (Lipinski definition) is 3. The van der Waals surface area contributed by atoms with E-state index in [9.17, 15) is 0 Å². The van der Waals surface area contributed by atoms with E-state index < -0.39 is 0 Å². The lowest BCUT2D eigenvalue weighted by Gasteiger charge is -2.23. The molecular formula is C19H26N2O. The average molecular weight is 298 g/mol. The van der Waals surface area contributed by atoms with Crippen molar-refractivity contribution in [3.63, 3.8) is 0 Å². The number of hydrogen-bond donors (Lipinski definition) is 0. The molecule has 0 amide bonds. The molecule has 22 heavy (non-hydrogen) atoms. The van der Waals surface area contributed by atoms with Crippen molar-refractivity contribution in [3.8, 4) is 0 Å². The lowest BCUT2D eigenvalue weighted by molar-refractivity contribution is 0.236. The molecule has 1 atom stereocenters. The third-order valence-electron chi connectivity index (χ3n) is 4.65. The Bertz CT molecular complexity index is 632. The highest BCUT2D eigenvalue weighted by molar-refractivity contribution is 5.30. The quantitative estimate of drug-likeness (QED) is 0.809. The zero-order valence-corrected chi connectivity index (χ0v) is 13.9. The Morgan fingerprint density at radius 3 is 2.91 bits per heavy atom. The highest BCUT2D eigenvalue weighted by atomic mass is 16.5. The van der Waals surface area contributed by atoms with Gasteiger partial charge in [0, 0.05) is 19.0 Å². The molecule has 2 aromatic rings. The molecule has 0 radical (unpaired) electrons. The van der Waals surface area contributed by atoms with Crippen LogP contribution in [0.15, 0.2) is 28.8 Å². The Kier molecular flexibility index (Phi) is 4.63. The van der Waals surface area contributed by atoms with Gasteiger partial charge < -0.3 is 4.52 Å². The zero-order valence-electron chi connectivity index (χ0n) is 13.9. The number of aromatic nitrogens is 1. The van der Waals surface area contributed by atoms with Crippen LogP contribution in [0.5, 0.6) is 0 Å². The van der Waals surface area contributed by atoms with Crippen molar-refractivity contribution in [1.29, 1.82) is 0 Å². The molecule has 0 spiro atoms. The van der Waals surface area contributed by atoms with E-state index in [0.29, 0.717) is 6.04 Å². The monoisotopic (exact) mass is 298 g/mol. The predicted octanol–water partition coefficient (Wildman–Crippen LogP) is 4.58. The average Bonchev–Trinajstić information content (AvgIpc) is 3.11. The van der Waals surface area contributed by atoms with E-state index in [-0.39, 0.29) is 0 Å². The highest BCUT2D eigenvalue weighted by Crippen LogP contribution is 2.33. The van der Waals surface area contributed by atoms with Gasteiger partial charge in [-0.15, -0.1) is 0 Å². The minimum atomic E-state index is 0.412. The van der Waals surface area contributed by atoms with E-state index >= 15 is 0 Å². The topological polar surface area (TPSA) is 29.3 Å². The number of likely N-dealkylation sites (tertiary alicyclic amines) is 1. The first-order chi connectivity index (χ1) is 10.7. The van der Waals surface area contributed by atoms with Crippen molar-refractivity contribution in [3.05, 3.63) is 52.4 Å². The molecule has 1 fully saturated rings. The van der Waals surface area contributed by atoms with Crippen molar-refractivity contribution in [2.75, 3.05) is 6.54 Å². The van der Waals surface area contributed by atoms with Crippen LogP contribution in [0.25, 0.3) is 0 Å². The van der Waals surface area contributed by atoms with Crippen LogP contribution in [0, 0.1) is 13.8 Å². The molecule has 1 aliphatic rings. The summed E-state index contributed by atoms with van der Waals surface area (Å²) in [5, 5.41) is 4.33. The summed E-state index contributed by atoms with van der Waals surface area (Å²) >= 11 is 0. The van der Waals surface area contributed by atoms with Crippen LogP contribution >= 0.6 is 0 Å². The van der Waals surface area contributed by atoms with E-state index in [2.05, 4.69) is 55.1 Å². The van der Waals surface area contributed by atoms with Gasteiger partial charge in [0.2, 0.25) is 0 Å². The Morgan fingerprint density at radius 2 is 2.14 bits per heavy atom. The molecule has 1 aromatic carbocycles. The van der Waals surface area contributed by atoms with Gasteiger partial charge in [0.05, 0.1) is 6.04 Å². The van der Waals surface area contributed by atoms with Gasteiger partial charge in [-0.2, -0.15) is 0 Å². The van der Waals surface area contributed by atoms with Gasteiger partial charge >= 0.3 is 0 Å². The molecule has 3 nitrogen and oxygen atoms in total. The second-order valence-electron chi connectivity index (χ2n) is 6.53. The van der Waals surface area contributed by atoms with Crippen LogP contribution in [0.1, 0.15) is 60.4 Å². The van der Waals surface area contributed by atoms with Crippen molar-refractivity contribution in [1.82, 2.24) is 10.1 Å². The van der Waals surface area contributed by atoms with E-state index in [1.807, 2.05) is 0 Å². The summed E-state index contributed by atoms with van der Waals surface area (Å²) < 4.78 is 5.48. The summed E-state index contributed by atoms with van der Waals surface area (Å²) in [4.78, 5) is 2.55. The van der Waals surface area contributed by atoms with Crippen LogP contribution in [-0.4, -0.2) is 16.6 Å². The first-order valence-corrected chi connectivity index (χ1v) is 8.43. The van der Waals surface area contributed by atoms with E-state index in [0.717, 1.165) is 37.4 Å². The Morgan fingerprint density at radius 1 is 1.27 bits per heavy atom. The molecule has 0 unspecified atom stereocenters. The third-order valence-corrected chi connectivity index (χ3v) is 4.65. The van der Waals surface area contributed by atoms with Crippen LogP contribution in [-0.2, 0) is 13.0 Å². The first-order valence-electron chi connectivity index (χ1n) is 8.43. The van der Waals surface area contributed by atoms with Crippen molar-refractivity contribution < 1.29 is 4.52 Å². The first kappa shape index (κ1) is 15.3. The second-order valence-corrected chi connectivity index (χ2v) is 6.53. The summed E-state index contributed by atoms with van der Waals surface area (Å²) in [5.41, 5.74) is 5.26. The summed E-state index contributed by atoms with van der Waals surface area (Å²) in [6.45, 7) is 8.69.